The second-order valence-corrected chi connectivity index (χ2v) is 22.8. The largest absolute Gasteiger partial charge is 0.416 e. The molecule has 0 aliphatic rings. The summed E-state index contributed by atoms with van der Waals surface area (Å²) in [6, 6.07) is 89.5. The molecule has 5 heterocycles. The average molecular weight is 1180 g/mol. The van der Waals surface area contributed by atoms with E-state index in [4.69, 9.17) is 9.97 Å². The van der Waals surface area contributed by atoms with Crippen molar-refractivity contribution in [1.29, 1.82) is 0 Å². The van der Waals surface area contributed by atoms with Crippen molar-refractivity contribution < 1.29 is 26.3 Å². The topological polar surface area (TPSA) is 45.5 Å². The van der Waals surface area contributed by atoms with Gasteiger partial charge in [-0.1, -0.05) is 158 Å². The molecular formula is C78H46F6N6. The van der Waals surface area contributed by atoms with E-state index in [1.54, 1.807) is 0 Å². The number of halogens is 6. The number of benzene rings is 12. The number of rotatable bonds is 8. The van der Waals surface area contributed by atoms with Gasteiger partial charge >= 0.3 is 12.4 Å². The summed E-state index contributed by atoms with van der Waals surface area (Å²) in [5.41, 5.74) is 11.6. The molecule has 430 valence electrons. The summed E-state index contributed by atoms with van der Waals surface area (Å²) < 4.78 is 97.1. The van der Waals surface area contributed by atoms with Crippen molar-refractivity contribution in [3.8, 4) is 67.8 Å². The number of hydrogen-bond donors (Lipinski definition) is 0. The number of para-hydroxylation sites is 6. The van der Waals surface area contributed by atoms with E-state index in [1.807, 2.05) is 126 Å². The molecule has 0 spiro atoms. The van der Waals surface area contributed by atoms with Crippen molar-refractivity contribution in [2.45, 2.75) is 12.4 Å². The lowest BCUT2D eigenvalue weighted by atomic mass is 10.0. The lowest BCUT2D eigenvalue weighted by molar-refractivity contribution is -0.143. The van der Waals surface area contributed by atoms with Gasteiger partial charge in [-0.15, -0.1) is 0 Å². The molecule has 0 aliphatic heterocycles. The maximum atomic E-state index is 14.8. The molecule has 5 aromatic heterocycles. The highest BCUT2D eigenvalue weighted by Crippen LogP contribution is 2.44. The molecular weight excluding hydrogens is 1130 g/mol. The molecule has 12 heteroatoms. The van der Waals surface area contributed by atoms with Crippen LogP contribution in [0.25, 0.3) is 155 Å². The van der Waals surface area contributed by atoms with Crippen molar-refractivity contribution in [1.82, 2.24) is 28.2 Å². The normalized spacial score (nSPS) is 12.3. The Hall–Kier alpha value is -11.5. The first-order valence-electron chi connectivity index (χ1n) is 29.4. The van der Waals surface area contributed by atoms with E-state index in [2.05, 4.69) is 147 Å². The molecule has 0 N–H and O–H groups in total. The van der Waals surface area contributed by atoms with Crippen LogP contribution >= 0.6 is 0 Å². The molecule has 90 heavy (non-hydrogen) atoms. The lowest BCUT2D eigenvalue weighted by Gasteiger charge is -2.16. The fraction of sp³-hybridized carbons (Fsp3) is 0.0256. The quantitative estimate of drug-likeness (QED) is 0.142. The molecule has 0 saturated carbocycles. The zero-order valence-corrected chi connectivity index (χ0v) is 47.5. The fourth-order valence-corrected chi connectivity index (χ4v) is 13.5. The lowest BCUT2D eigenvalue weighted by Crippen LogP contribution is -2.11. The van der Waals surface area contributed by atoms with Crippen molar-refractivity contribution in [3.63, 3.8) is 0 Å². The van der Waals surface area contributed by atoms with Gasteiger partial charge < -0.3 is 13.7 Å². The molecule has 0 fully saturated rings. The van der Waals surface area contributed by atoms with Crippen LogP contribution in [0.3, 0.4) is 0 Å². The number of aromatic nitrogens is 6. The Bertz CT molecular complexity index is 5740. The molecule has 0 unspecified atom stereocenters. The van der Waals surface area contributed by atoms with Crippen LogP contribution in [0.1, 0.15) is 11.1 Å². The van der Waals surface area contributed by atoms with Crippen LogP contribution in [0.4, 0.5) is 26.3 Å². The van der Waals surface area contributed by atoms with E-state index in [0.717, 1.165) is 128 Å². The summed E-state index contributed by atoms with van der Waals surface area (Å²) in [6.45, 7) is 0. The molecule has 0 atom stereocenters. The second-order valence-electron chi connectivity index (χ2n) is 22.8. The van der Waals surface area contributed by atoms with E-state index in [0.29, 0.717) is 16.6 Å². The highest BCUT2D eigenvalue weighted by atomic mass is 19.4. The standard InChI is InChI=1S/C78H46F6N6/c79-77(80,81)53-38-52(39-54(45-53)78(82,83)84)67-46-66(85-76(86-67)90-71-29-14-8-23-59(71)63-35-31-50(44-75(63)90)48-33-37-73-65(42-48)61-25-10-13-28-70(61)88(73)56-19-5-2-6-20-56)51-16-15-21-57(40-51)89-68-26-11-7-22-58(68)62-34-30-49(43-74(62)89)47-32-36-72-64(41-47)60-24-9-12-27-69(60)87(72)55-17-3-1-4-18-55/h1-46H. The Labute approximate surface area is 509 Å². The smallest absolute Gasteiger partial charge is 0.309 e. The number of hydrogen-bond acceptors (Lipinski definition) is 2. The van der Waals surface area contributed by atoms with Gasteiger partial charge in [0.15, 0.2) is 0 Å². The van der Waals surface area contributed by atoms with Crippen molar-refractivity contribution in [3.05, 3.63) is 290 Å². The molecule has 0 saturated heterocycles. The molecule has 0 radical (unpaired) electrons. The number of alkyl halides is 6. The minimum Gasteiger partial charge on any atom is -0.309 e. The summed E-state index contributed by atoms with van der Waals surface area (Å²) in [5, 5.41) is 8.12. The van der Waals surface area contributed by atoms with Gasteiger partial charge in [-0.3, -0.25) is 4.57 Å². The SMILES string of the molecule is FC(F)(F)c1cc(-c2cc(-c3cccc(-n4c5ccccc5c5ccc(-c6ccc7c(c6)c6ccccc6n7-c6ccccc6)cc54)c3)nc(-n3c4ccccc4c4ccc(-c5ccc6c(c5)c5ccccc5n6-c5ccccc5)cc43)n2)cc(C(F)(F)F)c1. The summed E-state index contributed by atoms with van der Waals surface area (Å²) in [4.78, 5) is 10.3. The minimum absolute atomic E-state index is 0.0500. The summed E-state index contributed by atoms with van der Waals surface area (Å²) in [5.74, 6) is 0.0500. The fourth-order valence-electron chi connectivity index (χ4n) is 13.5. The zero-order valence-electron chi connectivity index (χ0n) is 47.5. The minimum atomic E-state index is -5.11. The Morgan fingerprint density at radius 1 is 0.222 bits per heavy atom. The number of nitrogens with zero attached hydrogens (tertiary/aromatic N) is 6. The van der Waals surface area contributed by atoms with Crippen LogP contribution in [0.5, 0.6) is 0 Å². The molecule has 0 bridgehead atoms. The molecule has 0 amide bonds. The van der Waals surface area contributed by atoms with Gasteiger partial charge in [0.25, 0.3) is 0 Å². The molecule has 12 aromatic carbocycles. The third-order valence-corrected chi connectivity index (χ3v) is 17.6. The Balaban J connectivity index is 0.851. The Morgan fingerprint density at radius 2 is 0.578 bits per heavy atom. The van der Waals surface area contributed by atoms with E-state index < -0.39 is 23.5 Å². The van der Waals surface area contributed by atoms with Crippen LogP contribution in [0.15, 0.2) is 279 Å². The third kappa shape index (κ3) is 8.50. The third-order valence-electron chi connectivity index (χ3n) is 17.6. The first-order valence-corrected chi connectivity index (χ1v) is 29.4. The van der Waals surface area contributed by atoms with E-state index >= 15 is 0 Å². The predicted octanol–water partition coefficient (Wildman–Crippen LogP) is 21.6. The van der Waals surface area contributed by atoms with Gasteiger partial charge in [0.1, 0.15) is 0 Å². The van der Waals surface area contributed by atoms with Crippen molar-refractivity contribution in [2.24, 2.45) is 0 Å². The zero-order chi connectivity index (χ0) is 60.6. The highest BCUT2D eigenvalue weighted by Gasteiger charge is 2.37. The Morgan fingerprint density at radius 3 is 1.06 bits per heavy atom. The second kappa shape index (κ2) is 20.0. The van der Waals surface area contributed by atoms with E-state index in [1.165, 1.54) is 6.07 Å². The maximum absolute atomic E-state index is 14.8. The van der Waals surface area contributed by atoms with Gasteiger partial charge in [-0.05, 0) is 144 Å². The van der Waals surface area contributed by atoms with Gasteiger partial charge in [-0.2, -0.15) is 26.3 Å². The monoisotopic (exact) mass is 1180 g/mol. The van der Waals surface area contributed by atoms with Crippen LogP contribution in [0, 0.1) is 0 Å². The maximum Gasteiger partial charge on any atom is 0.416 e. The first kappa shape index (κ1) is 52.8. The van der Waals surface area contributed by atoms with E-state index in [-0.39, 0.29) is 29.0 Å². The first-order chi connectivity index (χ1) is 43.9. The van der Waals surface area contributed by atoms with Gasteiger partial charge in [0.05, 0.1) is 66.6 Å². The predicted molar refractivity (Wildman–Crippen MR) is 351 cm³/mol. The van der Waals surface area contributed by atoms with Crippen LogP contribution in [-0.4, -0.2) is 28.2 Å². The van der Waals surface area contributed by atoms with Crippen LogP contribution < -0.4 is 0 Å². The molecule has 17 aromatic rings. The van der Waals surface area contributed by atoms with Crippen molar-refractivity contribution >= 4 is 87.2 Å². The molecule has 6 nitrogen and oxygen atoms in total. The van der Waals surface area contributed by atoms with Crippen LogP contribution in [0.2, 0.25) is 0 Å². The van der Waals surface area contributed by atoms with Gasteiger partial charge in [0, 0.05) is 71.3 Å². The summed E-state index contributed by atoms with van der Waals surface area (Å²) in [7, 11) is 0. The number of fused-ring (bicyclic) bond motifs is 12. The Kier molecular flexibility index (Phi) is 11.7. The summed E-state index contributed by atoms with van der Waals surface area (Å²) >= 11 is 0. The highest BCUT2D eigenvalue weighted by molar-refractivity contribution is 6.14. The van der Waals surface area contributed by atoms with Gasteiger partial charge in [0.2, 0.25) is 5.95 Å². The van der Waals surface area contributed by atoms with Crippen molar-refractivity contribution in [2.75, 3.05) is 0 Å². The summed E-state index contributed by atoms with van der Waals surface area (Å²) in [6.07, 6.45) is -10.2. The van der Waals surface area contributed by atoms with Crippen LogP contribution in [-0.2, 0) is 12.4 Å². The average Bonchev–Trinajstić information content (AvgIpc) is 1.68. The molecule has 17 rings (SSSR count). The molecule has 0 aliphatic carbocycles. The van der Waals surface area contributed by atoms with Gasteiger partial charge in [-0.25, -0.2) is 9.97 Å². The van der Waals surface area contributed by atoms with E-state index in [9.17, 15) is 26.3 Å².